The number of ether oxygens (including phenoxy) is 1. The summed E-state index contributed by atoms with van der Waals surface area (Å²) in [5, 5.41) is 20.5. The Bertz CT molecular complexity index is 865. The van der Waals surface area contributed by atoms with Crippen molar-refractivity contribution in [2.75, 3.05) is 7.11 Å². The number of rotatable bonds is 2. The van der Waals surface area contributed by atoms with E-state index in [1.807, 2.05) is 0 Å². The fourth-order valence-corrected chi connectivity index (χ4v) is 2.24. The van der Waals surface area contributed by atoms with Crippen LogP contribution in [-0.2, 0) is 0 Å². The zero-order valence-electron chi connectivity index (χ0n) is 11.2. The Balaban J connectivity index is 2.39. The minimum atomic E-state index is -0.682. The molecule has 21 heavy (non-hydrogen) atoms. The Kier molecular flexibility index (Phi) is 3.02. The number of phenolic OH excluding ortho intramolecular Hbond substituents is 1. The second kappa shape index (κ2) is 4.86. The van der Waals surface area contributed by atoms with Gasteiger partial charge < -0.3 is 19.4 Å². The highest BCUT2D eigenvalue weighted by Crippen LogP contribution is 2.39. The Labute approximate surface area is 119 Å². The smallest absolute Gasteiger partial charge is 0.347 e. The SMILES string of the molecule is COc1cc(O)c2c(O)c(-c3ccccc3)c(=O)oc2c1. The summed E-state index contributed by atoms with van der Waals surface area (Å²) in [6, 6.07) is 11.4. The summed E-state index contributed by atoms with van der Waals surface area (Å²) in [4.78, 5) is 12.1. The standard InChI is InChI=1S/C16H12O5/c1-20-10-7-11(17)14-12(8-10)21-16(19)13(15(14)18)9-5-3-2-4-6-9/h2-8,17-18H,1H3. The van der Waals surface area contributed by atoms with E-state index in [1.54, 1.807) is 30.3 Å². The van der Waals surface area contributed by atoms with Crippen molar-refractivity contribution in [3.05, 3.63) is 52.9 Å². The molecule has 0 radical (unpaired) electrons. The molecule has 0 spiro atoms. The van der Waals surface area contributed by atoms with E-state index in [9.17, 15) is 15.0 Å². The summed E-state index contributed by atoms with van der Waals surface area (Å²) < 4.78 is 10.2. The summed E-state index contributed by atoms with van der Waals surface area (Å²) in [7, 11) is 1.43. The molecule has 5 nitrogen and oxygen atoms in total. The number of aromatic hydroxyl groups is 2. The van der Waals surface area contributed by atoms with Crippen molar-refractivity contribution in [2.24, 2.45) is 0 Å². The molecule has 0 aliphatic carbocycles. The van der Waals surface area contributed by atoms with Gasteiger partial charge in [-0.2, -0.15) is 0 Å². The van der Waals surface area contributed by atoms with Crippen LogP contribution in [0.25, 0.3) is 22.1 Å². The fourth-order valence-electron chi connectivity index (χ4n) is 2.24. The summed E-state index contributed by atoms with van der Waals surface area (Å²) in [6.45, 7) is 0. The molecular formula is C16H12O5. The van der Waals surface area contributed by atoms with Gasteiger partial charge in [0.15, 0.2) is 0 Å². The third-order valence-corrected chi connectivity index (χ3v) is 3.23. The van der Waals surface area contributed by atoms with Crippen LogP contribution in [0.4, 0.5) is 0 Å². The molecule has 1 aromatic heterocycles. The highest BCUT2D eigenvalue weighted by Gasteiger charge is 2.19. The van der Waals surface area contributed by atoms with Crippen molar-refractivity contribution in [3.63, 3.8) is 0 Å². The molecule has 0 unspecified atom stereocenters. The number of hydrogen-bond acceptors (Lipinski definition) is 5. The first kappa shape index (κ1) is 13.1. The van der Waals surface area contributed by atoms with E-state index in [4.69, 9.17) is 9.15 Å². The number of methoxy groups -OCH3 is 1. The van der Waals surface area contributed by atoms with E-state index < -0.39 is 5.63 Å². The first-order valence-electron chi connectivity index (χ1n) is 6.24. The lowest BCUT2D eigenvalue weighted by Gasteiger charge is -2.09. The molecule has 0 saturated heterocycles. The fraction of sp³-hybridized carbons (Fsp3) is 0.0625. The van der Waals surface area contributed by atoms with Gasteiger partial charge in [-0.15, -0.1) is 0 Å². The lowest BCUT2D eigenvalue weighted by molar-refractivity contribution is 0.406. The van der Waals surface area contributed by atoms with Crippen LogP contribution < -0.4 is 10.4 Å². The van der Waals surface area contributed by atoms with E-state index in [2.05, 4.69) is 0 Å². The molecule has 2 aromatic carbocycles. The van der Waals surface area contributed by atoms with Crippen LogP contribution in [0.1, 0.15) is 0 Å². The maximum absolute atomic E-state index is 12.1. The Morgan fingerprint density at radius 1 is 1.10 bits per heavy atom. The first-order chi connectivity index (χ1) is 10.1. The average Bonchev–Trinajstić information content (AvgIpc) is 2.47. The lowest BCUT2D eigenvalue weighted by atomic mass is 10.0. The Morgan fingerprint density at radius 3 is 2.48 bits per heavy atom. The second-order valence-electron chi connectivity index (χ2n) is 4.50. The predicted octanol–water partition coefficient (Wildman–Crippen LogP) is 2.88. The van der Waals surface area contributed by atoms with Crippen LogP contribution in [0.3, 0.4) is 0 Å². The average molecular weight is 284 g/mol. The van der Waals surface area contributed by atoms with Crippen molar-refractivity contribution >= 4 is 11.0 Å². The molecule has 0 aliphatic rings. The van der Waals surface area contributed by atoms with Crippen LogP contribution >= 0.6 is 0 Å². The third kappa shape index (κ3) is 2.08. The van der Waals surface area contributed by atoms with Crippen molar-refractivity contribution in [1.82, 2.24) is 0 Å². The van der Waals surface area contributed by atoms with Gasteiger partial charge in [0, 0.05) is 12.1 Å². The van der Waals surface area contributed by atoms with Crippen LogP contribution in [0.15, 0.2) is 51.7 Å². The van der Waals surface area contributed by atoms with Gasteiger partial charge in [0.2, 0.25) is 0 Å². The van der Waals surface area contributed by atoms with E-state index in [-0.39, 0.29) is 28.0 Å². The largest absolute Gasteiger partial charge is 0.507 e. The zero-order valence-corrected chi connectivity index (χ0v) is 11.2. The van der Waals surface area contributed by atoms with Gasteiger partial charge in [-0.1, -0.05) is 30.3 Å². The number of phenols is 1. The number of benzene rings is 2. The van der Waals surface area contributed by atoms with Crippen molar-refractivity contribution in [3.8, 4) is 28.4 Å². The number of hydrogen-bond donors (Lipinski definition) is 2. The van der Waals surface area contributed by atoms with Gasteiger partial charge in [-0.3, -0.25) is 0 Å². The van der Waals surface area contributed by atoms with Crippen LogP contribution in [0.5, 0.6) is 17.2 Å². The second-order valence-corrected chi connectivity index (χ2v) is 4.50. The van der Waals surface area contributed by atoms with Gasteiger partial charge >= 0.3 is 5.63 Å². The topological polar surface area (TPSA) is 79.9 Å². The van der Waals surface area contributed by atoms with Gasteiger partial charge in [-0.05, 0) is 5.56 Å². The monoisotopic (exact) mass is 284 g/mol. The molecule has 0 amide bonds. The molecule has 2 N–H and O–H groups in total. The van der Waals surface area contributed by atoms with Crippen molar-refractivity contribution < 1.29 is 19.4 Å². The highest BCUT2D eigenvalue weighted by atomic mass is 16.5. The van der Waals surface area contributed by atoms with Crippen LogP contribution in [0.2, 0.25) is 0 Å². The normalized spacial score (nSPS) is 10.7. The van der Waals surface area contributed by atoms with E-state index in [1.165, 1.54) is 19.2 Å². The minimum absolute atomic E-state index is 0.0172. The molecule has 106 valence electrons. The molecule has 0 saturated carbocycles. The Hall–Kier alpha value is -2.95. The first-order valence-corrected chi connectivity index (χ1v) is 6.24. The number of fused-ring (bicyclic) bond motifs is 1. The van der Waals surface area contributed by atoms with Gasteiger partial charge in [-0.25, -0.2) is 4.79 Å². The molecule has 1 heterocycles. The van der Waals surface area contributed by atoms with Crippen LogP contribution in [0, 0.1) is 0 Å². The molecular weight excluding hydrogens is 272 g/mol. The van der Waals surface area contributed by atoms with Crippen LogP contribution in [-0.4, -0.2) is 17.3 Å². The quantitative estimate of drug-likeness (QED) is 0.707. The lowest BCUT2D eigenvalue weighted by Crippen LogP contribution is -2.03. The summed E-state index contributed by atoms with van der Waals surface area (Å²) >= 11 is 0. The molecule has 0 atom stereocenters. The van der Waals surface area contributed by atoms with E-state index in [0.717, 1.165) is 0 Å². The van der Waals surface area contributed by atoms with E-state index in [0.29, 0.717) is 11.3 Å². The third-order valence-electron chi connectivity index (χ3n) is 3.23. The van der Waals surface area contributed by atoms with Gasteiger partial charge in [0.1, 0.15) is 33.8 Å². The maximum atomic E-state index is 12.1. The predicted molar refractivity (Wildman–Crippen MR) is 77.8 cm³/mol. The van der Waals surface area contributed by atoms with Crippen molar-refractivity contribution in [2.45, 2.75) is 0 Å². The van der Waals surface area contributed by atoms with Gasteiger partial charge in [0.25, 0.3) is 0 Å². The van der Waals surface area contributed by atoms with E-state index >= 15 is 0 Å². The van der Waals surface area contributed by atoms with Gasteiger partial charge in [0.05, 0.1) is 7.11 Å². The molecule has 3 aromatic rings. The zero-order chi connectivity index (χ0) is 15.0. The molecule has 5 heteroatoms. The summed E-state index contributed by atoms with van der Waals surface area (Å²) in [5.41, 5.74) is -0.0858. The highest BCUT2D eigenvalue weighted by molar-refractivity contribution is 5.95. The maximum Gasteiger partial charge on any atom is 0.347 e. The summed E-state index contributed by atoms with van der Waals surface area (Å²) in [6.07, 6.45) is 0. The van der Waals surface area contributed by atoms with Crippen molar-refractivity contribution in [1.29, 1.82) is 0 Å². The minimum Gasteiger partial charge on any atom is -0.507 e. The molecule has 0 bridgehead atoms. The molecule has 0 fully saturated rings. The summed E-state index contributed by atoms with van der Waals surface area (Å²) in [5.74, 6) is -0.203. The molecule has 3 rings (SSSR count). The molecule has 0 aliphatic heterocycles. The Morgan fingerprint density at radius 2 is 1.81 bits per heavy atom.